The third-order valence-corrected chi connectivity index (χ3v) is 10.4. The Morgan fingerprint density at radius 3 is 2.67 bits per heavy atom. The van der Waals surface area contributed by atoms with Crippen molar-refractivity contribution in [2.24, 2.45) is 23.2 Å². The minimum atomic E-state index is -0.0599. The molecule has 3 aliphatic carbocycles. The molecule has 3 rings (SSSR count). The normalized spacial score (nSPS) is 26.1. The smallest absolute Gasteiger partial charge is 0.134 e. The molecule has 5 atom stereocenters. The summed E-state index contributed by atoms with van der Waals surface area (Å²) in [6.45, 7) is 17.5. The minimum Gasteiger partial charge on any atom is -0.388 e. The molecular formula is C43H61NO. The monoisotopic (exact) mass is 607 g/mol. The van der Waals surface area contributed by atoms with Crippen molar-refractivity contribution in [2.45, 2.75) is 144 Å². The molecule has 0 radical (unpaired) electrons. The van der Waals surface area contributed by atoms with Gasteiger partial charge in [-0.05, 0) is 151 Å². The Hall–Kier alpha value is -2.97. The quantitative estimate of drug-likeness (QED) is 0.101. The van der Waals surface area contributed by atoms with Crippen LogP contribution in [-0.2, 0) is 4.79 Å². The second-order valence-corrected chi connectivity index (χ2v) is 14.5. The van der Waals surface area contributed by atoms with Crippen molar-refractivity contribution in [3.63, 3.8) is 0 Å². The van der Waals surface area contributed by atoms with Gasteiger partial charge in [0.05, 0.1) is 0 Å². The molecule has 2 nitrogen and oxygen atoms in total. The predicted octanol–water partition coefficient (Wildman–Crippen LogP) is 11.4. The lowest BCUT2D eigenvalue weighted by Crippen LogP contribution is -2.21. The number of allylic oxidation sites excluding steroid dienone is 8. The first kappa shape index (κ1) is 36.5. The molecule has 45 heavy (non-hydrogen) atoms. The SMILES string of the molecule is C#C/C(CC)=C(\C)CCC(C)CCCCCC(C)N/C=C(\C)CC1CC=C=C(CC(C)=O)C2(/C3=C/CC=C=CCC3=C)CC2C1. The van der Waals surface area contributed by atoms with Crippen molar-refractivity contribution in [3.05, 3.63) is 82.0 Å². The molecule has 0 aliphatic heterocycles. The number of fused-ring (bicyclic) bond motifs is 1. The molecule has 0 saturated heterocycles. The van der Waals surface area contributed by atoms with Gasteiger partial charge in [-0.3, -0.25) is 4.79 Å². The number of Topliss-reactive ketones (excluding diaryl/α,β-unsaturated/α-hetero) is 1. The zero-order chi connectivity index (χ0) is 32.8. The summed E-state index contributed by atoms with van der Waals surface area (Å²) in [7, 11) is 0. The molecule has 1 N–H and O–H groups in total. The van der Waals surface area contributed by atoms with Crippen LogP contribution in [-0.4, -0.2) is 11.8 Å². The Bertz CT molecular complexity index is 1310. The fourth-order valence-corrected chi connectivity index (χ4v) is 7.63. The van der Waals surface area contributed by atoms with E-state index in [0.29, 0.717) is 24.3 Å². The number of nitrogens with one attached hydrogen (secondary N) is 1. The summed E-state index contributed by atoms with van der Waals surface area (Å²) < 4.78 is 0. The molecule has 0 heterocycles. The summed E-state index contributed by atoms with van der Waals surface area (Å²) in [5, 5.41) is 3.70. The Balaban J connectivity index is 1.46. The van der Waals surface area contributed by atoms with E-state index in [4.69, 9.17) is 6.42 Å². The molecule has 244 valence electrons. The number of terminal acetylenes is 1. The van der Waals surface area contributed by atoms with Gasteiger partial charge in [0.1, 0.15) is 5.78 Å². The van der Waals surface area contributed by atoms with Crippen molar-refractivity contribution in [1.82, 2.24) is 5.32 Å². The molecule has 1 saturated carbocycles. The lowest BCUT2D eigenvalue weighted by molar-refractivity contribution is -0.116. The highest BCUT2D eigenvalue weighted by Crippen LogP contribution is 2.67. The van der Waals surface area contributed by atoms with Crippen LogP contribution in [0.15, 0.2) is 82.0 Å². The number of unbranched alkanes of at least 4 members (excludes halogenated alkanes) is 2. The van der Waals surface area contributed by atoms with E-state index in [9.17, 15) is 4.79 Å². The highest BCUT2D eigenvalue weighted by Gasteiger charge is 2.59. The van der Waals surface area contributed by atoms with Gasteiger partial charge < -0.3 is 5.32 Å². The lowest BCUT2D eigenvalue weighted by Gasteiger charge is -2.28. The molecule has 0 aromatic rings. The standard InChI is InChI=1S/C43H61NO/c1-9-39(10-2)34(5)26-25-32(3)19-14-13-16-21-36(7)44-31-33(4)27-38-22-18-23-40(28-37(8)45)43(30-41(43)29-38)42-24-17-12-11-15-20-35(42)6/h1,12,15,18,24,31-32,36,38,41,44H,6,10,13-14,16-17,19-22,25-30H2,2-5,7-8H3/b33-31+,39-34-,42-24+. The maximum Gasteiger partial charge on any atom is 0.134 e. The number of ketones is 1. The van der Waals surface area contributed by atoms with Gasteiger partial charge in [0, 0.05) is 23.5 Å². The molecular weight excluding hydrogens is 546 g/mol. The van der Waals surface area contributed by atoms with E-state index in [1.165, 1.54) is 78.4 Å². The summed E-state index contributed by atoms with van der Waals surface area (Å²) in [5.41, 5.74) is 14.6. The fraction of sp³-hybridized carbons (Fsp3) is 0.605. The zero-order valence-corrected chi connectivity index (χ0v) is 29.5. The van der Waals surface area contributed by atoms with Crippen LogP contribution in [0.2, 0.25) is 0 Å². The van der Waals surface area contributed by atoms with Crippen molar-refractivity contribution in [2.75, 3.05) is 0 Å². The zero-order valence-electron chi connectivity index (χ0n) is 29.5. The number of rotatable bonds is 17. The fourth-order valence-electron chi connectivity index (χ4n) is 7.63. The molecule has 0 aromatic carbocycles. The molecule has 1 fully saturated rings. The Kier molecular flexibility index (Phi) is 14.8. The lowest BCUT2D eigenvalue weighted by atomic mass is 9.75. The largest absolute Gasteiger partial charge is 0.388 e. The van der Waals surface area contributed by atoms with Crippen LogP contribution in [0.4, 0.5) is 0 Å². The summed E-state index contributed by atoms with van der Waals surface area (Å²) in [6, 6.07) is 0.493. The highest BCUT2D eigenvalue weighted by atomic mass is 16.1. The second kappa shape index (κ2) is 18.2. The van der Waals surface area contributed by atoms with Gasteiger partial charge in [-0.1, -0.05) is 69.3 Å². The van der Waals surface area contributed by atoms with Crippen molar-refractivity contribution in [3.8, 4) is 12.3 Å². The topological polar surface area (TPSA) is 29.1 Å². The average molecular weight is 608 g/mol. The van der Waals surface area contributed by atoms with Gasteiger partial charge in [-0.25, -0.2) is 0 Å². The van der Waals surface area contributed by atoms with Crippen LogP contribution < -0.4 is 5.32 Å². The maximum atomic E-state index is 12.3. The second-order valence-electron chi connectivity index (χ2n) is 14.5. The van der Waals surface area contributed by atoms with E-state index in [1.807, 2.05) is 0 Å². The van der Waals surface area contributed by atoms with Crippen LogP contribution in [0.1, 0.15) is 138 Å². The van der Waals surface area contributed by atoms with E-state index in [2.05, 4.69) is 94.4 Å². The molecule has 3 aliphatic rings. The number of hydrogen-bond acceptors (Lipinski definition) is 2. The van der Waals surface area contributed by atoms with Gasteiger partial charge in [-0.15, -0.1) is 17.9 Å². The Labute approximate surface area is 276 Å². The average Bonchev–Trinajstić information content (AvgIpc) is 3.68. The van der Waals surface area contributed by atoms with Crippen LogP contribution in [0, 0.1) is 35.5 Å². The van der Waals surface area contributed by atoms with E-state index < -0.39 is 0 Å². The van der Waals surface area contributed by atoms with Crippen LogP contribution in [0.5, 0.6) is 0 Å². The summed E-state index contributed by atoms with van der Waals surface area (Å²) >= 11 is 0. The highest BCUT2D eigenvalue weighted by molar-refractivity contribution is 5.79. The number of carbonyl (C=O) groups is 1. The summed E-state index contributed by atoms with van der Waals surface area (Å²) in [4.78, 5) is 12.3. The summed E-state index contributed by atoms with van der Waals surface area (Å²) in [5.74, 6) is 5.01. The van der Waals surface area contributed by atoms with E-state index >= 15 is 0 Å². The molecule has 0 spiro atoms. The van der Waals surface area contributed by atoms with Crippen molar-refractivity contribution in [1.29, 1.82) is 0 Å². The van der Waals surface area contributed by atoms with E-state index in [-0.39, 0.29) is 11.2 Å². The third kappa shape index (κ3) is 11.1. The maximum absolute atomic E-state index is 12.3. The van der Waals surface area contributed by atoms with Gasteiger partial charge in [0.2, 0.25) is 0 Å². The Morgan fingerprint density at radius 1 is 1.16 bits per heavy atom. The van der Waals surface area contributed by atoms with Crippen molar-refractivity contribution >= 4 is 5.78 Å². The van der Waals surface area contributed by atoms with E-state index in [0.717, 1.165) is 50.9 Å². The number of hydrogen-bond donors (Lipinski definition) is 1. The minimum absolute atomic E-state index is 0.0599. The molecule has 5 unspecified atom stereocenters. The van der Waals surface area contributed by atoms with Crippen molar-refractivity contribution < 1.29 is 4.79 Å². The summed E-state index contributed by atoms with van der Waals surface area (Å²) in [6.07, 6.45) is 33.1. The molecule has 0 bridgehead atoms. The first-order chi connectivity index (χ1) is 21.6. The number of carbonyl (C=O) groups excluding carboxylic acids is 1. The predicted molar refractivity (Wildman–Crippen MR) is 194 cm³/mol. The molecule has 0 aromatic heterocycles. The van der Waals surface area contributed by atoms with Crippen LogP contribution >= 0.6 is 0 Å². The van der Waals surface area contributed by atoms with Gasteiger partial charge >= 0.3 is 0 Å². The van der Waals surface area contributed by atoms with Gasteiger partial charge in [0.25, 0.3) is 0 Å². The van der Waals surface area contributed by atoms with Gasteiger partial charge in [-0.2, -0.15) is 0 Å². The Morgan fingerprint density at radius 2 is 1.93 bits per heavy atom. The third-order valence-electron chi connectivity index (χ3n) is 10.4. The van der Waals surface area contributed by atoms with Gasteiger partial charge in [0.15, 0.2) is 0 Å². The first-order valence-corrected chi connectivity index (χ1v) is 17.9. The van der Waals surface area contributed by atoms with Crippen LogP contribution in [0.25, 0.3) is 0 Å². The first-order valence-electron chi connectivity index (χ1n) is 17.9. The molecule has 0 amide bonds. The van der Waals surface area contributed by atoms with Crippen LogP contribution in [0.3, 0.4) is 0 Å². The molecule has 2 heteroatoms. The van der Waals surface area contributed by atoms with E-state index in [1.54, 1.807) is 6.92 Å².